The van der Waals surface area contributed by atoms with Crippen LogP contribution in [0.1, 0.15) is 74.2 Å². The smallest absolute Gasteiger partial charge is 0.150 e. The van der Waals surface area contributed by atoms with E-state index in [1.165, 1.54) is 25.7 Å². The maximum atomic E-state index is 11.8. The number of hydrogen-bond donors (Lipinski definition) is 0. The van der Waals surface area contributed by atoms with Crippen molar-refractivity contribution in [1.82, 2.24) is 0 Å². The van der Waals surface area contributed by atoms with Crippen molar-refractivity contribution < 1.29 is 14.7 Å². The first kappa shape index (κ1) is 16.7. The van der Waals surface area contributed by atoms with E-state index in [4.69, 9.17) is 0 Å². The lowest BCUT2D eigenvalue weighted by atomic mass is 9.66. The zero-order valence-electron chi connectivity index (χ0n) is 13.3. The molecule has 1 aromatic carbocycles. The van der Waals surface area contributed by atoms with Gasteiger partial charge in [-0.2, -0.15) is 0 Å². The first-order valence-corrected chi connectivity index (χ1v) is 8.39. The molecule has 1 aliphatic carbocycles. The SMILES string of the molecule is CCCCCC1CCC(C(=O)[O-])(c2ccc(C=O)cc2)CC1. The van der Waals surface area contributed by atoms with Crippen molar-refractivity contribution >= 4 is 12.3 Å². The maximum absolute atomic E-state index is 11.8. The second-order valence-corrected chi connectivity index (χ2v) is 6.55. The van der Waals surface area contributed by atoms with E-state index in [9.17, 15) is 14.7 Å². The van der Waals surface area contributed by atoms with Crippen LogP contribution >= 0.6 is 0 Å². The molecule has 1 fully saturated rings. The van der Waals surface area contributed by atoms with Gasteiger partial charge in [0.1, 0.15) is 6.29 Å². The quantitative estimate of drug-likeness (QED) is 0.574. The van der Waals surface area contributed by atoms with Gasteiger partial charge in [-0.3, -0.25) is 4.79 Å². The summed E-state index contributed by atoms with van der Waals surface area (Å²) in [6.45, 7) is 2.20. The minimum atomic E-state index is -0.974. The van der Waals surface area contributed by atoms with Gasteiger partial charge in [-0.05, 0) is 37.2 Å². The van der Waals surface area contributed by atoms with Crippen LogP contribution in [0.25, 0.3) is 0 Å². The molecule has 0 N–H and O–H groups in total. The Hall–Kier alpha value is -1.64. The highest BCUT2D eigenvalue weighted by molar-refractivity contribution is 5.81. The number of carbonyl (C=O) groups is 2. The number of carboxylic acid groups (broad SMARTS) is 1. The Bertz CT molecular complexity index is 496. The molecule has 1 saturated carbocycles. The van der Waals surface area contributed by atoms with Gasteiger partial charge in [-0.25, -0.2) is 0 Å². The van der Waals surface area contributed by atoms with E-state index < -0.39 is 11.4 Å². The third-order valence-electron chi connectivity index (χ3n) is 5.16. The predicted octanol–water partition coefficient (Wildman–Crippen LogP) is 3.26. The minimum Gasteiger partial charge on any atom is -0.549 e. The van der Waals surface area contributed by atoms with Crippen molar-refractivity contribution in [1.29, 1.82) is 0 Å². The fourth-order valence-corrected chi connectivity index (χ4v) is 3.63. The molecular formula is C19H25O3-. The zero-order valence-corrected chi connectivity index (χ0v) is 13.3. The summed E-state index contributed by atoms with van der Waals surface area (Å²) in [6.07, 6.45) is 8.90. The van der Waals surface area contributed by atoms with E-state index in [1.54, 1.807) is 24.3 Å². The first-order chi connectivity index (χ1) is 10.6. The third kappa shape index (κ3) is 3.57. The molecule has 3 heteroatoms. The Morgan fingerprint density at radius 3 is 2.36 bits per heavy atom. The van der Waals surface area contributed by atoms with Gasteiger partial charge >= 0.3 is 0 Å². The lowest BCUT2D eigenvalue weighted by Gasteiger charge is -2.41. The summed E-state index contributed by atoms with van der Waals surface area (Å²) in [6, 6.07) is 6.94. The number of unbranched alkanes of at least 4 members (excludes halogenated alkanes) is 2. The monoisotopic (exact) mass is 301 g/mol. The van der Waals surface area contributed by atoms with Crippen molar-refractivity contribution in [3.8, 4) is 0 Å². The topological polar surface area (TPSA) is 57.2 Å². The van der Waals surface area contributed by atoms with E-state index in [0.717, 1.165) is 24.7 Å². The maximum Gasteiger partial charge on any atom is 0.150 e. The summed E-state index contributed by atoms with van der Waals surface area (Å²) in [5, 5.41) is 11.8. The van der Waals surface area contributed by atoms with Gasteiger partial charge < -0.3 is 9.90 Å². The molecule has 0 saturated heterocycles. The summed E-state index contributed by atoms with van der Waals surface area (Å²) in [5.41, 5.74) is 0.485. The Morgan fingerprint density at radius 2 is 1.86 bits per heavy atom. The highest BCUT2D eigenvalue weighted by atomic mass is 16.4. The largest absolute Gasteiger partial charge is 0.549 e. The fourth-order valence-electron chi connectivity index (χ4n) is 3.63. The highest BCUT2D eigenvalue weighted by Gasteiger charge is 2.38. The van der Waals surface area contributed by atoms with Gasteiger partial charge in [-0.15, -0.1) is 0 Å². The van der Waals surface area contributed by atoms with Crippen LogP contribution in [-0.4, -0.2) is 12.3 Å². The van der Waals surface area contributed by atoms with Crippen molar-refractivity contribution in [3.05, 3.63) is 35.4 Å². The molecule has 0 atom stereocenters. The summed E-state index contributed by atoms with van der Waals surface area (Å²) in [4.78, 5) is 22.6. The van der Waals surface area contributed by atoms with Crippen molar-refractivity contribution in [2.24, 2.45) is 5.92 Å². The lowest BCUT2D eigenvalue weighted by Crippen LogP contribution is -2.48. The normalized spacial score (nSPS) is 24.9. The average molecular weight is 301 g/mol. The second-order valence-electron chi connectivity index (χ2n) is 6.55. The van der Waals surface area contributed by atoms with Gasteiger partial charge in [0.05, 0.1) is 5.97 Å². The van der Waals surface area contributed by atoms with Crippen LogP contribution in [0, 0.1) is 5.92 Å². The van der Waals surface area contributed by atoms with Crippen LogP contribution in [0.5, 0.6) is 0 Å². The molecule has 120 valence electrons. The summed E-state index contributed by atoms with van der Waals surface area (Å²) in [7, 11) is 0. The molecule has 3 nitrogen and oxygen atoms in total. The Labute approximate surface area is 132 Å². The summed E-state index contributed by atoms with van der Waals surface area (Å²) < 4.78 is 0. The van der Waals surface area contributed by atoms with Crippen LogP contribution in [-0.2, 0) is 10.2 Å². The van der Waals surface area contributed by atoms with Crippen LogP contribution in [0.15, 0.2) is 24.3 Å². The van der Waals surface area contributed by atoms with Crippen LogP contribution < -0.4 is 5.11 Å². The molecule has 0 bridgehead atoms. The molecular weight excluding hydrogens is 276 g/mol. The molecule has 22 heavy (non-hydrogen) atoms. The number of carbonyl (C=O) groups excluding carboxylic acids is 2. The van der Waals surface area contributed by atoms with Gasteiger partial charge in [0.2, 0.25) is 0 Å². The molecule has 0 spiro atoms. The van der Waals surface area contributed by atoms with Crippen LogP contribution in [0.4, 0.5) is 0 Å². The second kappa shape index (κ2) is 7.57. The summed E-state index contributed by atoms with van der Waals surface area (Å²) in [5.74, 6) is -0.327. The van der Waals surface area contributed by atoms with E-state index in [-0.39, 0.29) is 0 Å². The zero-order chi connectivity index (χ0) is 16.0. The molecule has 0 unspecified atom stereocenters. The van der Waals surface area contributed by atoms with Gasteiger partial charge in [0.15, 0.2) is 0 Å². The molecule has 1 aliphatic rings. The molecule has 0 amide bonds. The van der Waals surface area contributed by atoms with Crippen molar-refractivity contribution in [2.75, 3.05) is 0 Å². The van der Waals surface area contributed by atoms with E-state index in [0.29, 0.717) is 24.3 Å². The molecule has 0 aliphatic heterocycles. The number of aldehydes is 1. The Morgan fingerprint density at radius 1 is 1.23 bits per heavy atom. The fraction of sp³-hybridized carbons (Fsp3) is 0.579. The van der Waals surface area contributed by atoms with Crippen LogP contribution in [0.3, 0.4) is 0 Å². The molecule has 0 aromatic heterocycles. The molecule has 0 heterocycles. The Balaban J connectivity index is 2.07. The molecule has 0 radical (unpaired) electrons. The highest BCUT2D eigenvalue weighted by Crippen LogP contribution is 2.42. The lowest BCUT2D eigenvalue weighted by molar-refractivity contribution is -0.315. The van der Waals surface area contributed by atoms with Crippen molar-refractivity contribution in [3.63, 3.8) is 0 Å². The standard InChI is InChI=1S/C19H26O3/c1-2-3-4-5-15-10-12-19(13-11-15,18(21)22)17-8-6-16(14-20)7-9-17/h6-9,14-15H,2-5,10-13H2,1H3,(H,21,22)/p-1. The average Bonchev–Trinajstić information content (AvgIpc) is 2.56. The Kier molecular flexibility index (Phi) is 5.76. The van der Waals surface area contributed by atoms with Gasteiger partial charge in [0, 0.05) is 11.0 Å². The van der Waals surface area contributed by atoms with Gasteiger partial charge in [0.25, 0.3) is 0 Å². The number of carboxylic acids is 1. The predicted molar refractivity (Wildman–Crippen MR) is 84.6 cm³/mol. The molecule has 1 aromatic rings. The molecule has 2 rings (SSSR count). The van der Waals surface area contributed by atoms with E-state index in [1.807, 2.05) is 0 Å². The van der Waals surface area contributed by atoms with Gasteiger partial charge in [-0.1, -0.05) is 56.9 Å². The van der Waals surface area contributed by atoms with E-state index >= 15 is 0 Å². The third-order valence-corrected chi connectivity index (χ3v) is 5.16. The van der Waals surface area contributed by atoms with Crippen LogP contribution in [0.2, 0.25) is 0 Å². The van der Waals surface area contributed by atoms with E-state index in [2.05, 4.69) is 6.92 Å². The van der Waals surface area contributed by atoms with Crippen molar-refractivity contribution in [2.45, 2.75) is 63.7 Å². The number of rotatable bonds is 7. The number of hydrogen-bond acceptors (Lipinski definition) is 3. The summed E-state index contributed by atoms with van der Waals surface area (Å²) >= 11 is 0. The minimum absolute atomic E-state index is 0.575. The first-order valence-electron chi connectivity index (χ1n) is 8.39. The number of benzene rings is 1. The number of aliphatic carboxylic acids is 1.